The molecule has 0 radical (unpaired) electrons. The second-order valence-electron chi connectivity index (χ2n) is 5.62. The van der Waals surface area contributed by atoms with E-state index in [2.05, 4.69) is 21.5 Å². The van der Waals surface area contributed by atoms with Gasteiger partial charge in [0.2, 0.25) is 0 Å². The molecule has 0 aliphatic carbocycles. The Morgan fingerprint density at radius 3 is 2.75 bits per heavy atom. The van der Waals surface area contributed by atoms with Crippen LogP contribution in [0.15, 0.2) is 43.0 Å². The van der Waals surface area contributed by atoms with Crippen molar-refractivity contribution < 1.29 is 5.11 Å². The van der Waals surface area contributed by atoms with Crippen LogP contribution in [0.3, 0.4) is 0 Å². The standard InChI is InChI=1S/C16H21N3O/c1-18-14(11-19-10-9-17-12-19)3-2-4-16(18)13-5-7-15(20)8-6-13/h5-10,12,14,16,20H,2-4,11H2,1H3. The summed E-state index contributed by atoms with van der Waals surface area (Å²) in [7, 11) is 2.21. The van der Waals surface area contributed by atoms with Crippen molar-refractivity contribution >= 4 is 0 Å². The second-order valence-corrected chi connectivity index (χ2v) is 5.62. The number of hydrogen-bond donors (Lipinski definition) is 1. The minimum atomic E-state index is 0.335. The summed E-state index contributed by atoms with van der Waals surface area (Å²) < 4.78 is 2.15. The number of aromatic hydroxyl groups is 1. The molecule has 1 aliphatic heterocycles. The Bertz CT molecular complexity index is 535. The average molecular weight is 271 g/mol. The molecule has 20 heavy (non-hydrogen) atoms. The van der Waals surface area contributed by atoms with E-state index in [0.29, 0.717) is 17.8 Å². The Kier molecular flexibility index (Phi) is 3.74. The van der Waals surface area contributed by atoms with Crippen molar-refractivity contribution in [3.05, 3.63) is 48.5 Å². The average Bonchev–Trinajstić information content (AvgIpc) is 2.95. The lowest BCUT2D eigenvalue weighted by molar-refractivity contribution is 0.102. The van der Waals surface area contributed by atoms with E-state index in [0.717, 1.165) is 6.54 Å². The van der Waals surface area contributed by atoms with Gasteiger partial charge in [-0.1, -0.05) is 12.1 Å². The molecule has 1 fully saturated rings. The summed E-state index contributed by atoms with van der Waals surface area (Å²) in [6.45, 7) is 0.991. The van der Waals surface area contributed by atoms with E-state index in [1.807, 2.05) is 30.9 Å². The van der Waals surface area contributed by atoms with Crippen LogP contribution in [-0.4, -0.2) is 32.6 Å². The number of hydrogen-bond acceptors (Lipinski definition) is 3. The lowest BCUT2D eigenvalue weighted by Crippen LogP contribution is -2.41. The largest absolute Gasteiger partial charge is 0.508 e. The maximum absolute atomic E-state index is 9.42. The molecule has 0 amide bonds. The predicted molar refractivity (Wildman–Crippen MR) is 78.5 cm³/mol. The monoisotopic (exact) mass is 271 g/mol. The molecule has 0 bridgehead atoms. The van der Waals surface area contributed by atoms with Gasteiger partial charge in [-0.2, -0.15) is 0 Å². The van der Waals surface area contributed by atoms with Gasteiger partial charge in [-0.05, 0) is 44.0 Å². The minimum Gasteiger partial charge on any atom is -0.508 e. The molecular formula is C16H21N3O. The summed E-state index contributed by atoms with van der Waals surface area (Å²) >= 11 is 0. The van der Waals surface area contributed by atoms with E-state index in [4.69, 9.17) is 0 Å². The Hall–Kier alpha value is -1.81. The molecule has 2 atom stereocenters. The van der Waals surface area contributed by atoms with Crippen molar-refractivity contribution in [2.45, 2.75) is 37.9 Å². The van der Waals surface area contributed by atoms with Crippen molar-refractivity contribution in [1.82, 2.24) is 14.5 Å². The fourth-order valence-corrected chi connectivity index (χ4v) is 3.17. The first-order valence-electron chi connectivity index (χ1n) is 7.20. The fourth-order valence-electron chi connectivity index (χ4n) is 3.17. The second kappa shape index (κ2) is 5.67. The third kappa shape index (κ3) is 2.70. The van der Waals surface area contributed by atoms with Crippen LogP contribution < -0.4 is 0 Å². The van der Waals surface area contributed by atoms with Gasteiger partial charge in [0.05, 0.1) is 6.33 Å². The number of piperidine rings is 1. The molecule has 4 nitrogen and oxygen atoms in total. The maximum Gasteiger partial charge on any atom is 0.115 e. The Labute approximate surface area is 119 Å². The van der Waals surface area contributed by atoms with Crippen LogP contribution in [0.1, 0.15) is 30.9 Å². The maximum atomic E-state index is 9.42. The summed E-state index contributed by atoms with van der Waals surface area (Å²) in [5.41, 5.74) is 1.29. The van der Waals surface area contributed by atoms with E-state index < -0.39 is 0 Å². The van der Waals surface area contributed by atoms with Crippen molar-refractivity contribution in [3.8, 4) is 5.75 Å². The van der Waals surface area contributed by atoms with E-state index in [1.165, 1.54) is 24.8 Å². The molecule has 0 spiro atoms. The van der Waals surface area contributed by atoms with Gasteiger partial charge in [-0.3, -0.25) is 4.90 Å². The number of phenolic OH excluding ortho intramolecular Hbond substituents is 1. The third-order valence-corrected chi connectivity index (χ3v) is 4.34. The fraction of sp³-hybridized carbons (Fsp3) is 0.438. The molecule has 3 rings (SSSR count). The number of likely N-dealkylation sites (tertiary alicyclic amines) is 1. The molecule has 1 aromatic heterocycles. The van der Waals surface area contributed by atoms with Gasteiger partial charge in [-0.25, -0.2) is 4.98 Å². The number of likely N-dealkylation sites (N-methyl/N-ethyl adjacent to an activating group) is 1. The molecule has 4 heteroatoms. The minimum absolute atomic E-state index is 0.335. The molecule has 1 N–H and O–H groups in total. The van der Waals surface area contributed by atoms with Crippen LogP contribution in [-0.2, 0) is 6.54 Å². The van der Waals surface area contributed by atoms with E-state index in [9.17, 15) is 5.11 Å². The number of nitrogens with zero attached hydrogens (tertiary/aromatic N) is 3. The highest BCUT2D eigenvalue weighted by Gasteiger charge is 2.28. The van der Waals surface area contributed by atoms with Crippen molar-refractivity contribution in [1.29, 1.82) is 0 Å². The summed E-state index contributed by atoms with van der Waals surface area (Å²) in [6.07, 6.45) is 9.40. The molecule has 2 heterocycles. The lowest BCUT2D eigenvalue weighted by Gasteiger charge is -2.40. The van der Waals surface area contributed by atoms with Gasteiger partial charge in [0, 0.05) is 31.0 Å². The van der Waals surface area contributed by atoms with E-state index in [1.54, 1.807) is 12.1 Å². The van der Waals surface area contributed by atoms with Crippen LogP contribution in [0.25, 0.3) is 0 Å². The topological polar surface area (TPSA) is 41.3 Å². The highest BCUT2D eigenvalue weighted by atomic mass is 16.3. The Morgan fingerprint density at radius 2 is 2.05 bits per heavy atom. The lowest BCUT2D eigenvalue weighted by atomic mass is 9.91. The number of benzene rings is 1. The quantitative estimate of drug-likeness (QED) is 0.933. The van der Waals surface area contributed by atoms with Gasteiger partial charge in [0.1, 0.15) is 5.75 Å². The van der Waals surface area contributed by atoms with Crippen molar-refractivity contribution in [2.24, 2.45) is 0 Å². The normalized spacial score (nSPS) is 23.9. The smallest absolute Gasteiger partial charge is 0.115 e. The molecular weight excluding hydrogens is 250 g/mol. The van der Waals surface area contributed by atoms with Crippen molar-refractivity contribution in [3.63, 3.8) is 0 Å². The molecule has 1 aromatic carbocycles. The highest BCUT2D eigenvalue weighted by molar-refractivity contribution is 5.28. The Balaban J connectivity index is 1.74. The van der Waals surface area contributed by atoms with Gasteiger partial charge in [-0.15, -0.1) is 0 Å². The van der Waals surface area contributed by atoms with Crippen molar-refractivity contribution in [2.75, 3.05) is 7.05 Å². The molecule has 106 valence electrons. The number of rotatable bonds is 3. The zero-order valence-electron chi connectivity index (χ0n) is 11.8. The van der Waals surface area contributed by atoms with Crippen LogP contribution in [0.2, 0.25) is 0 Å². The first-order valence-corrected chi connectivity index (χ1v) is 7.20. The van der Waals surface area contributed by atoms with Gasteiger partial charge in [0.15, 0.2) is 0 Å². The predicted octanol–water partition coefficient (Wildman–Crippen LogP) is 2.81. The zero-order chi connectivity index (χ0) is 13.9. The van der Waals surface area contributed by atoms with E-state index >= 15 is 0 Å². The molecule has 2 aromatic rings. The summed E-state index contributed by atoms with van der Waals surface area (Å²) in [5.74, 6) is 0.335. The third-order valence-electron chi connectivity index (χ3n) is 4.34. The highest BCUT2D eigenvalue weighted by Crippen LogP contribution is 2.34. The number of imidazole rings is 1. The summed E-state index contributed by atoms with van der Waals surface area (Å²) in [4.78, 5) is 6.58. The summed E-state index contributed by atoms with van der Waals surface area (Å²) in [5, 5.41) is 9.42. The number of phenols is 1. The molecule has 1 aliphatic rings. The van der Waals surface area contributed by atoms with Crippen LogP contribution in [0.5, 0.6) is 5.75 Å². The molecule has 1 saturated heterocycles. The Morgan fingerprint density at radius 1 is 1.25 bits per heavy atom. The zero-order valence-corrected chi connectivity index (χ0v) is 11.8. The molecule has 0 saturated carbocycles. The van der Waals surface area contributed by atoms with Crippen LogP contribution in [0.4, 0.5) is 0 Å². The van der Waals surface area contributed by atoms with E-state index in [-0.39, 0.29) is 0 Å². The van der Waals surface area contributed by atoms with Gasteiger partial charge in [0.25, 0.3) is 0 Å². The van der Waals surface area contributed by atoms with Gasteiger partial charge < -0.3 is 9.67 Å². The number of aromatic nitrogens is 2. The van der Waals surface area contributed by atoms with Crippen LogP contribution >= 0.6 is 0 Å². The first kappa shape index (κ1) is 13.2. The first-order chi connectivity index (χ1) is 9.74. The van der Waals surface area contributed by atoms with Crippen LogP contribution in [0, 0.1) is 0 Å². The molecule has 2 unspecified atom stereocenters. The SMILES string of the molecule is CN1C(Cn2ccnc2)CCCC1c1ccc(O)cc1. The summed E-state index contributed by atoms with van der Waals surface area (Å²) in [6, 6.07) is 8.62. The van der Waals surface area contributed by atoms with Gasteiger partial charge >= 0.3 is 0 Å².